The van der Waals surface area contributed by atoms with Crippen molar-refractivity contribution in [1.82, 2.24) is 24.8 Å². The van der Waals surface area contributed by atoms with E-state index in [4.69, 9.17) is 9.84 Å². The Morgan fingerprint density at radius 2 is 2.00 bits per heavy atom. The molecular formula is C22H22N6O3. The van der Waals surface area contributed by atoms with E-state index < -0.39 is 6.09 Å². The first-order chi connectivity index (χ1) is 15.0. The molecule has 0 aliphatic rings. The van der Waals surface area contributed by atoms with E-state index in [-0.39, 0.29) is 6.54 Å². The standard InChI is InChI=1S/C22H22N6O3/c1-14-11-16(4-6-19(14)31-17-5-3-15(2)24-12-17)27-21-20-18(25-13-26-21)7-9-28(20)10-8-23-22(29)30/h3-7,9,11-13,23H,8,10H2,1-2H3,(H,29,30)(H,25,26,27). The molecular weight excluding hydrogens is 396 g/mol. The molecule has 0 saturated heterocycles. The largest absolute Gasteiger partial charge is 0.465 e. The van der Waals surface area contributed by atoms with Crippen LogP contribution in [0.1, 0.15) is 11.3 Å². The Hall–Kier alpha value is -4.14. The molecule has 1 amide bonds. The number of benzene rings is 1. The number of carbonyl (C=O) groups is 1. The van der Waals surface area contributed by atoms with E-state index in [1.165, 1.54) is 6.33 Å². The summed E-state index contributed by atoms with van der Waals surface area (Å²) in [7, 11) is 0. The summed E-state index contributed by atoms with van der Waals surface area (Å²) in [5.74, 6) is 2.06. The van der Waals surface area contributed by atoms with E-state index >= 15 is 0 Å². The molecule has 0 radical (unpaired) electrons. The maximum absolute atomic E-state index is 10.7. The van der Waals surface area contributed by atoms with Crippen molar-refractivity contribution in [3.8, 4) is 11.5 Å². The van der Waals surface area contributed by atoms with Gasteiger partial charge in [-0.05, 0) is 55.8 Å². The van der Waals surface area contributed by atoms with Gasteiger partial charge in [0, 0.05) is 30.7 Å². The van der Waals surface area contributed by atoms with Crippen molar-refractivity contribution in [2.75, 3.05) is 11.9 Å². The molecule has 3 aromatic heterocycles. The molecule has 0 saturated carbocycles. The second-order valence-electron chi connectivity index (χ2n) is 7.04. The van der Waals surface area contributed by atoms with Crippen molar-refractivity contribution >= 4 is 28.6 Å². The number of carboxylic acid groups (broad SMARTS) is 1. The third-order valence-electron chi connectivity index (χ3n) is 4.73. The second kappa shape index (κ2) is 8.70. The van der Waals surface area contributed by atoms with E-state index in [2.05, 4.69) is 25.6 Å². The maximum atomic E-state index is 10.7. The summed E-state index contributed by atoms with van der Waals surface area (Å²) in [4.78, 5) is 23.7. The molecule has 0 bridgehead atoms. The smallest absolute Gasteiger partial charge is 0.404 e. The van der Waals surface area contributed by atoms with Gasteiger partial charge in [0.05, 0.1) is 11.7 Å². The molecule has 0 atom stereocenters. The average molecular weight is 418 g/mol. The van der Waals surface area contributed by atoms with Gasteiger partial charge in [-0.15, -0.1) is 0 Å². The van der Waals surface area contributed by atoms with Crippen LogP contribution < -0.4 is 15.4 Å². The summed E-state index contributed by atoms with van der Waals surface area (Å²) < 4.78 is 7.85. The van der Waals surface area contributed by atoms with Gasteiger partial charge < -0.3 is 25.0 Å². The van der Waals surface area contributed by atoms with Crippen LogP contribution in [0, 0.1) is 13.8 Å². The number of amides is 1. The highest BCUT2D eigenvalue weighted by Gasteiger charge is 2.11. The van der Waals surface area contributed by atoms with Gasteiger partial charge in [-0.1, -0.05) is 0 Å². The Morgan fingerprint density at radius 1 is 1.13 bits per heavy atom. The molecule has 1 aromatic carbocycles. The fraction of sp³-hybridized carbons (Fsp3) is 0.182. The third kappa shape index (κ3) is 4.72. The number of rotatable bonds is 7. The van der Waals surface area contributed by atoms with Crippen LogP contribution >= 0.6 is 0 Å². The lowest BCUT2D eigenvalue weighted by Gasteiger charge is -2.13. The van der Waals surface area contributed by atoms with Crippen LogP contribution in [0.4, 0.5) is 16.3 Å². The highest BCUT2D eigenvalue weighted by Crippen LogP contribution is 2.29. The predicted octanol–water partition coefficient (Wildman–Crippen LogP) is 4.25. The molecule has 31 heavy (non-hydrogen) atoms. The lowest BCUT2D eigenvalue weighted by Crippen LogP contribution is -2.25. The third-order valence-corrected chi connectivity index (χ3v) is 4.73. The first-order valence-corrected chi connectivity index (χ1v) is 9.74. The topological polar surface area (TPSA) is 114 Å². The normalized spacial score (nSPS) is 10.8. The number of aromatic nitrogens is 4. The molecule has 3 heterocycles. The number of fused-ring (bicyclic) bond motifs is 1. The first kappa shape index (κ1) is 20.1. The zero-order valence-electron chi connectivity index (χ0n) is 17.2. The molecule has 3 N–H and O–H groups in total. The van der Waals surface area contributed by atoms with E-state index in [9.17, 15) is 4.79 Å². The summed E-state index contributed by atoms with van der Waals surface area (Å²) >= 11 is 0. The summed E-state index contributed by atoms with van der Waals surface area (Å²) in [5.41, 5.74) is 4.32. The van der Waals surface area contributed by atoms with Gasteiger partial charge >= 0.3 is 6.09 Å². The Bertz CT molecular complexity index is 1220. The van der Waals surface area contributed by atoms with Gasteiger partial charge in [0.25, 0.3) is 0 Å². The van der Waals surface area contributed by atoms with Crippen LogP contribution in [0.5, 0.6) is 11.5 Å². The average Bonchev–Trinajstić information content (AvgIpc) is 3.15. The summed E-state index contributed by atoms with van der Waals surface area (Å²) in [6, 6.07) is 11.5. The molecule has 9 heteroatoms. The Balaban J connectivity index is 1.54. The van der Waals surface area contributed by atoms with Crippen molar-refractivity contribution in [1.29, 1.82) is 0 Å². The molecule has 0 fully saturated rings. The lowest BCUT2D eigenvalue weighted by molar-refractivity contribution is 0.194. The molecule has 4 aromatic rings. The van der Waals surface area contributed by atoms with Crippen molar-refractivity contribution in [2.45, 2.75) is 20.4 Å². The minimum absolute atomic E-state index is 0.284. The number of aryl methyl sites for hydroxylation is 2. The highest BCUT2D eigenvalue weighted by molar-refractivity contribution is 5.88. The van der Waals surface area contributed by atoms with Gasteiger partial charge in [0.15, 0.2) is 5.82 Å². The van der Waals surface area contributed by atoms with E-state index in [0.717, 1.165) is 33.7 Å². The maximum Gasteiger partial charge on any atom is 0.404 e. The van der Waals surface area contributed by atoms with Gasteiger partial charge in [0.2, 0.25) is 0 Å². The number of pyridine rings is 1. The van der Waals surface area contributed by atoms with Crippen LogP contribution in [0.2, 0.25) is 0 Å². The SMILES string of the molecule is Cc1ccc(Oc2ccc(Nc3ncnc4ccn(CCNC(=O)O)c34)cc2C)cn1. The number of hydrogen-bond acceptors (Lipinski definition) is 6. The zero-order valence-corrected chi connectivity index (χ0v) is 17.2. The lowest BCUT2D eigenvalue weighted by atomic mass is 10.2. The zero-order chi connectivity index (χ0) is 21.8. The Kier molecular flexibility index (Phi) is 5.65. The molecule has 9 nitrogen and oxygen atoms in total. The number of hydrogen-bond donors (Lipinski definition) is 3. The minimum Gasteiger partial charge on any atom is -0.465 e. The fourth-order valence-electron chi connectivity index (χ4n) is 3.21. The molecule has 0 spiro atoms. The summed E-state index contributed by atoms with van der Waals surface area (Å²) in [6.45, 7) is 4.65. The molecule has 4 rings (SSSR count). The van der Waals surface area contributed by atoms with Crippen molar-refractivity contribution in [3.63, 3.8) is 0 Å². The van der Waals surface area contributed by atoms with Gasteiger partial charge in [0.1, 0.15) is 23.3 Å². The minimum atomic E-state index is -1.05. The van der Waals surface area contributed by atoms with E-state index in [1.807, 2.05) is 61.0 Å². The van der Waals surface area contributed by atoms with Gasteiger partial charge in [-0.3, -0.25) is 4.98 Å². The number of ether oxygens (including phenoxy) is 1. The number of nitrogens with zero attached hydrogens (tertiary/aromatic N) is 4. The monoisotopic (exact) mass is 418 g/mol. The Labute approximate surface area is 178 Å². The molecule has 0 aliphatic carbocycles. The van der Waals surface area contributed by atoms with Crippen molar-refractivity contribution in [3.05, 3.63) is 66.4 Å². The summed E-state index contributed by atoms with van der Waals surface area (Å²) in [5, 5.41) is 14.5. The van der Waals surface area contributed by atoms with Crippen LogP contribution in [0.3, 0.4) is 0 Å². The van der Waals surface area contributed by atoms with Crippen LogP contribution in [0.15, 0.2) is 55.1 Å². The number of anilines is 2. The Morgan fingerprint density at radius 3 is 2.74 bits per heavy atom. The van der Waals surface area contributed by atoms with Crippen LogP contribution in [-0.4, -0.2) is 37.3 Å². The molecule has 158 valence electrons. The number of nitrogens with one attached hydrogen (secondary N) is 2. The second-order valence-corrected chi connectivity index (χ2v) is 7.04. The predicted molar refractivity (Wildman–Crippen MR) is 117 cm³/mol. The van der Waals surface area contributed by atoms with Crippen molar-refractivity contribution in [2.24, 2.45) is 0 Å². The summed E-state index contributed by atoms with van der Waals surface area (Å²) in [6.07, 6.45) is 4.02. The van der Waals surface area contributed by atoms with Gasteiger partial charge in [-0.25, -0.2) is 14.8 Å². The fourth-order valence-corrected chi connectivity index (χ4v) is 3.21. The first-order valence-electron chi connectivity index (χ1n) is 9.74. The highest BCUT2D eigenvalue weighted by atomic mass is 16.5. The van der Waals surface area contributed by atoms with Crippen LogP contribution in [-0.2, 0) is 6.54 Å². The molecule has 0 aliphatic heterocycles. The quantitative estimate of drug-likeness (QED) is 0.411. The van der Waals surface area contributed by atoms with Crippen molar-refractivity contribution < 1.29 is 14.6 Å². The van der Waals surface area contributed by atoms with E-state index in [1.54, 1.807) is 6.20 Å². The van der Waals surface area contributed by atoms with Gasteiger partial charge in [-0.2, -0.15) is 0 Å². The van der Waals surface area contributed by atoms with E-state index in [0.29, 0.717) is 18.1 Å². The molecule has 0 unspecified atom stereocenters. The van der Waals surface area contributed by atoms with Crippen LogP contribution in [0.25, 0.3) is 11.0 Å².